The van der Waals surface area contributed by atoms with Gasteiger partial charge in [0, 0.05) is 12.1 Å². The molecule has 0 spiro atoms. The van der Waals surface area contributed by atoms with Crippen LogP contribution in [-0.4, -0.2) is 5.54 Å². The molecule has 0 fully saturated rings. The predicted molar refractivity (Wildman–Crippen MR) is 67.0 cm³/mol. The number of nitrogens with one attached hydrogen (secondary N) is 1. The largest absolute Gasteiger partial charge is 0.308 e. The van der Waals surface area contributed by atoms with Crippen LogP contribution >= 0.6 is 0 Å². The molecular weight excluding hydrogens is 182 g/mol. The van der Waals surface area contributed by atoms with Crippen LogP contribution in [0.4, 0.5) is 0 Å². The normalized spacial score (nSPS) is 11.7. The smallest absolute Gasteiger partial charge is 0.0210 e. The van der Waals surface area contributed by atoms with Gasteiger partial charge in [0.15, 0.2) is 0 Å². The van der Waals surface area contributed by atoms with E-state index >= 15 is 0 Å². The molecule has 0 unspecified atom stereocenters. The Hall–Kier alpha value is -0.820. The molecule has 0 saturated heterocycles. The lowest BCUT2D eigenvalue weighted by Crippen LogP contribution is -2.37. The average molecular weight is 205 g/mol. The first-order chi connectivity index (χ1) is 7.07. The van der Waals surface area contributed by atoms with Crippen molar-refractivity contribution in [3.8, 4) is 0 Å². The molecule has 0 radical (unpaired) electrons. The van der Waals surface area contributed by atoms with Crippen LogP contribution in [-0.2, 0) is 13.0 Å². The maximum atomic E-state index is 3.56. The summed E-state index contributed by atoms with van der Waals surface area (Å²) in [6.45, 7) is 9.85. The average Bonchev–Trinajstić information content (AvgIpc) is 2.27. The van der Waals surface area contributed by atoms with Crippen LogP contribution in [0.25, 0.3) is 0 Å². The Bertz CT molecular complexity index is 285. The van der Waals surface area contributed by atoms with E-state index in [9.17, 15) is 0 Å². The van der Waals surface area contributed by atoms with Gasteiger partial charge in [-0.2, -0.15) is 0 Å². The summed E-state index contributed by atoms with van der Waals surface area (Å²) in [6, 6.07) is 8.88. The van der Waals surface area contributed by atoms with E-state index in [-0.39, 0.29) is 5.54 Å². The molecule has 0 aliphatic carbocycles. The Balaban J connectivity index is 2.51. The Morgan fingerprint density at radius 2 is 1.53 bits per heavy atom. The summed E-state index contributed by atoms with van der Waals surface area (Å²) in [5.41, 5.74) is 3.02. The van der Waals surface area contributed by atoms with E-state index in [0.717, 1.165) is 19.4 Å². The van der Waals surface area contributed by atoms with Crippen molar-refractivity contribution < 1.29 is 0 Å². The predicted octanol–water partition coefficient (Wildman–Crippen LogP) is 3.53. The Kier molecular flexibility index (Phi) is 4.34. The maximum Gasteiger partial charge on any atom is 0.0210 e. The Morgan fingerprint density at radius 1 is 1.00 bits per heavy atom. The van der Waals surface area contributed by atoms with Crippen molar-refractivity contribution in [2.45, 2.75) is 52.6 Å². The summed E-state index contributed by atoms with van der Waals surface area (Å²) in [7, 11) is 0. The second kappa shape index (κ2) is 5.32. The fourth-order valence-corrected chi connectivity index (χ4v) is 1.36. The lowest BCUT2D eigenvalue weighted by atomic mass is 10.0. The topological polar surface area (TPSA) is 12.0 Å². The van der Waals surface area contributed by atoms with E-state index in [1.54, 1.807) is 0 Å². The number of hydrogen-bond acceptors (Lipinski definition) is 1. The SMILES string of the molecule is CCc1ccc(CNC(C)(C)CC)cc1. The summed E-state index contributed by atoms with van der Waals surface area (Å²) >= 11 is 0. The molecule has 1 heteroatoms. The second-order valence-corrected chi connectivity index (χ2v) is 4.76. The number of aryl methyl sites for hydroxylation is 1. The number of benzene rings is 1. The van der Waals surface area contributed by atoms with Crippen molar-refractivity contribution >= 4 is 0 Å². The van der Waals surface area contributed by atoms with Crippen LogP contribution in [0.15, 0.2) is 24.3 Å². The van der Waals surface area contributed by atoms with Crippen molar-refractivity contribution in [3.63, 3.8) is 0 Å². The molecule has 15 heavy (non-hydrogen) atoms. The van der Waals surface area contributed by atoms with Gasteiger partial charge < -0.3 is 5.32 Å². The minimum atomic E-state index is 0.240. The molecule has 0 aromatic heterocycles. The van der Waals surface area contributed by atoms with Crippen molar-refractivity contribution in [2.75, 3.05) is 0 Å². The van der Waals surface area contributed by atoms with Gasteiger partial charge in [0.2, 0.25) is 0 Å². The van der Waals surface area contributed by atoms with Crippen LogP contribution in [0.5, 0.6) is 0 Å². The third-order valence-electron chi connectivity index (χ3n) is 3.09. The fourth-order valence-electron chi connectivity index (χ4n) is 1.36. The third-order valence-corrected chi connectivity index (χ3v) is 3.09. The summed E-state index contributed by atoms with van der Waals surface area (Å²) in [6.07, 6.45) is 2.27. The molecule has 1 rings (SSSR count). The number of hydrogen-bond donors (Lipinski definition) is 1. The van der Waals surface area contributed by atoms with Gasteiger partial charge in [-0.05, 0) is 37.8 Å². The maximum absolute atomic E-state index is 3.56. The standard InChI is InChI=1S/C14H23N/c1-5-12-7-9-13(10-8-12)11-15-14(3,4)6-2/h7-10,15H,5-6,11H2,1-4H3. The zero-order valence-corrected chi connectivity index (χ0v) is 10.4. The molecule has 0 aliphatic rings. The van der Waals surface area contributed by atoms with E-state index in [1.807, 2.05) is 0 Å². The molecule has 84 valence electrons. The molecule has 0 atom stereocenters. The van der Waals surface area contributed by atoms with Crippen LogP contribution in [0.1, 0.15) is 45.2 Å². The highest BCUT2D eigenvalue weighted by Gasteiger charge is 2.12. The summed E-state index contributed by atoms with van der Waals surface area (Å²) in [5, 5.41) is 3.56. The molecule has 1 aromatic rings. The van der Waals surface area contributed by atoms with Gasteiger partial charge >= 0.3 is 0 Å². The lowest BCUT2D eigenvalue weighted by Gasteiger charge is -2.24. The van der Waals surface area contributed by atoms with Gasteiger partial charge in [-0.15, -0.1) is 0 Å². The first-order valence-corrected chi connectivity index (χ1v) is 5.90. The minimum Gasteiger partial charge on any atom is -0.308 e. The third kappa shape index (κ3) is 4.05. The molecule has 0 heterocycles. The molecular formula is C14H23N. The molecule has 0 amide bonds. The van der Waals surface area contributed by atoms with Crippen molar-refractivity contribution in [1.29, 1.82) is 0 Å². The van der Waals surface area contributed by atoms with Gasteiger partial charge in [-0.3, -0.25) is 0 Å². The van der Waals surface area contributed by atoms with E-state index in [0.29, 0.717) is 0 Å². The van der Waals surface area contributed by atoms with Crippen LogP contribution in [0.3, 0.4) is 0 Å². The highest BCUT2D eigenvalue weighted by molar-refractivity contribution is 5.22. The molecule has 0 aliphatic heterocycles. The Morgan fingerprint density at radius 3 is 2.00 bits per heavy atom. The van der Waals surface area contributed by atoms with Gasteiger partial charge in [0.1, 0.15) is 0 Å². The molecule has 0 saturated carbocycles. The minimum absolute atomic E-state index is 0.240. The van der Waals surface area contributed by atoms with E-state index in [2.05, 4.69) is 57.3 Å². The summed E-state index contributed by atoms with van der Waals surface area (Å²) in [5.74, 6) is 0. The van der Waals surface area contributed by atoms with E-state index in [4.69, 9.17) is 0 Å². The van der Waals surface area contributed by atoms with Crippen molar-refractivity contribution in [3.05, 3.63) is 35.4 Å². The van der Waals surface area contributed by atoms with Crippen LogP contribution < -0.4 is 5.32 Å². The molecule has 0 bridgehead atoms. The van der Waals surface area contributed by atoms with Gasteiger partial charge in [-0.1, -0.05) is 38.1 Å². The van der Waals surface area contributed by atoms with Crippen molar-refractivity contribution in [2.24, 2.45) is 0 Å². The quantitative estimate of drug-likeness (QED) is 0.775. The van der Waals surface area contributed by atoms with Crippen LogP contribution in [0.2, 0.25) is 0 Å². The van der Waals surface area contributed by atoms with Gasteiger partial charge in [0.25, 0.3) is 0 Å². The summed E-state index contributed by atoms with van der Waals surface area (Å²) in [4.78, 5) is 0. The van der Waals surface area contributed by atoms with Crippen LogP contribution in [0, 0.1) is 0 Å². The van der Waals surface area contributed by atoms with Crippen molar-refractivity contribution in [1.82, 2.24) is 5.32 Å². The molecule has 1 nitrogen and oxygen atoms in total. The monoisotopic (exact) mass is 205 g/mol. The fraction of sp³-hybridized carbons (Fsp3) is 0.571. The number of rotatable bonds is 5. The van der Waals surface area contributed by atoms with Gasteiger partial charge in [-0.25, -0.2) is 0 Å². The van der Waals surface area contributed by atoms with E-state index < -0.39 is 0 Å². The first-order valence-electron chi connectivity index (χ1n) is 5.90. The highest BCUT2D eigenvalue weighted by atomic mass is 14.9. The summed E-state index contributed by atoms with van der Waals surface area (Å²) < 4.78 is 0. The zero-order chi connectivity index (χ0) is 11.3. The Labute approximate surface area is 93.9 Å². The second-order valence-electron chi connectivity index (χ2n) is 4.76. The first kappa shape index (κ1) is 12.3. The van der Waals surface area contributed by atoms with Gasteiger partial charge in [0.05, 0.1) is 0 Å². The lowest BCUT2D eigenvalue weighted by molar-refractivity contribution is 0.374. The zero-order valence-electron chi connectivity index (χ0n) is 10.4. The van der Waals surface area contributed by atoms with E-state index in [1.165, 1.54) is 11.1 Å². The molecule has 1 aromatic carbocycles. The molecule has 1 N–H and O–H groups in total. The highest BCUT2D eigenvalue weighted by Crippen LogP contribution is 2.10.